The van der Waals surface area contributed by atoms with Crippen molar-refractivity contribution in [2.45, 2.75) is 65.0 Å². The van der Waals surface area contributed by atoms with Crippen LogP contribution in [0.1, 0.15) is 52.9 Å². The van der Waals surface area contributed by atoms with E-state index in [0.717, 1.165) is 5.92 Å². The average Bonchev–Trinajstić information content (AvgIpc) is 2.50. The zero-order chi connectivity index (χ0) is 12.9. The smallest absolute Gasteiger partial charge is 0.0607 e. The van der Waals surface area contributed by atoms with E-state index in [4.69, 9.17) is 10.2 Å². The fraction of sp³-hybridized carbons (Fsp3) is 1.00. The second kappa shape index (κ2) is 6.72. The lowest BCUT2D eigenvalue weighted by molar-refractivity contribution is 0.157. The maximum Gasteiger partial charge on any atom is 0.0607 e. The van der Waals surface area contributed by atoms with E-state index in [0.29, 0.717) is 11.5 Å². The molecule has 1 fully saturated rings. The predicted molar refractivity (Wildman–Crippen MR) is 70.9 cm³/mol. The molecule has 0 aliphatic heterocycles. The normalized spacial score (nSPS) is 27.2. The lowest BCUT2D eigenvalue weighted by Gasteiger charge is -2.30. The van der Waals surface area contributed by atoms with Gasteiger partial charge in [-0.25, -0.2) is 0 Å². The van der Waals surface area contributed by atoms with E-state index in [9.17, 15) is 0 Å². The Kier molecular flexibility index (Phi) is 5.90. The first-order chi connectivity index (χ1) is 7.97. The van der Waals surface area contributed by atoms with Crippen molar-refractivity contribution < 1.29 is 10.2 Å². The number of hydrogen-bond donors (Lipinski definition) is 3. The van der Waals surface area contributed by atoms with Gasteiger partial charge in [0.15, 0.2) is 0 Å². The molecule has 1 aliphatic carbocycles. The molecule has 1 aliphatic rings. The molecule has 0 amide bonds. The van der Waals surface area contributed by atoms with Crippen molar-refractivity contribution in [3.05, 3.63) is 0 Å². The highest BCUT2D eigenvalue weighted by molar-refractivity contribution is 4.82. The van der Waals surface area contributed by atoms with Crippen LogP contribution >= 0.6 is 0 Å². The third-order valence-electron chi connectivity index (χ3n) is 4.11. The second-order valence-corrected chi connectivity index (χ2v) is 6.50. The average molecular weight is 243 g/mol. The molecule has 0 heterocycles. The number of rotatable bonds is 4. The summed E-state index contributed by atoms with van der Waals surface area (Å²) in [6, 6.07) is 0.317. The van der Waals surface area contributed by atoms with Crippen molar-refractivity contribution in [3.63, 3.8) is 0 Å². The topological polar surface area (TPSA) is 52.5 Å². The molecule has 0 aromatic rings. The first kappa shape index (κ1) is 14.9. The summed E-state index contributed by atoms with van der Waals surface area (Å²) in [5.74, 6) is 0.802. The molecule has 0 bridgehead atoms. The van der Waals surface area contributed by atoms with E-state index in [1.165, 1.54) is 32.1 Å². The van der Waals surface area contributed by atoms with Gasteiger partial charge in [-0.15, -0.1) is 0 Å². The highest BCUT2D eigenvalue weighted by atomic mass is 16.3. The Morgan fingerprint density at radius 3 is 2.24 bits per heavy atom. The van der Waals surface area contributed by atoms with E-state index < -0.39 is 0 Å². The Hall–Kier alpha value is -0.120. The highest BCUT2D eigenvalue weighted by Gasteiger charge is 2.28. The van der Waals surface area contributed by atoms with Crippen molar-refractivity contribution in [2.24, 2.45) is 11.3 Å². The van der Waals surface area contributed by atoms with Gasteiger partial charge in [-0.05, 0) is 37.0 Å². The summed E-state index contributed by atoms with van der Waals surface area (Å²) in [5, 5.41) is 21.5. The van der Waals surface area contributed by atoms with E-state index >= 15 is 0 Å². The van der Waals surface area contributed by atoms with Gasteiger partial charge in [0.25, 0.3) is 0 Å². The first-order valence-electron chi connectivity index (χ1n) is 6.95. The largest absolute Gasteiger partial charge is 0.395 e. The van der Waals surface area contributed by atoms with Crippen molar-refractivity contribution in [3.8, 4) is 0 Å². The van der Waals surface area contributed by atoms with Gasteiger partial charge in [-0.3, -0.25) is 0 Å². The van der Waals surface area contributed by atoms with Crippen LogP contribution in [0.4, 0.5) is 0 Å². The van der Waals surface area contributed by atoms with Crippen molar-refractivity contribution in [1.29, 1.82) is 0 Å². The summed E-state index contributed by atoms with van der Waals surface area (Å²) in [6.07, 6.45) is 6.15. The highest BCUT2D eigenvalue weighted by Crippen LogP contribution is 2.36. The molecule has 0 spiro atoms. The Labute approximate surface area is 106 Å². The summed E-state index contributed by atoms with van der Waals surface area (Å²) < 4.78 is 0. The van der Waals surface area contributed by atoms with Crippen molar-refractivity contribution in [1.82, 2.24) is 5.32 Å². The van der Waals surface area contributed by atoms with Gasteiger partial charge in [-0.1, -0.05) is 27.2 Å². The minimum absolute atomic E-state index is 0.0235. The molecule has 0 aromatic carbocycles. The van der Waals surface area contributed by atoms with Gasteiger partial charge >= 0.3 is 0 Å². The standard InChI is InChI=1S/C14H29NO2/c1-14(2,3)11-5-4-6-12(8-7-11)15-13(9-16)10-17/h11-13,15-17H,4-10H2,1-3H3. The Balaban J connectivity index is 2.42. The van der Waals surface area contributed by atoms with E-state index in [1.54, 1.807) is 0 Å². The fourth-order valence-electron chi connectivity index (χ4n) is 2.83. The molecule has 0 radical (unpaired) electrons. The molecule has 3 N–H and O–H groups in total. The molecular formula is C14H29NO2. The van der Waals surface area contributed by atoms with Crippen LogP contribution in [-0.2, 0) is 0 Å². The number of nitrogens with one attached hydrogen (secondary N) is 1. The van der Waals surface area contributed by atoms with Gasteiger partial charge in [0.05, 0.1) is 19.3 Å². The summed E-state index contributed by atoms with van der Waals surface area (Å²) in [5.41, 5.74) is 0.405. The van der Waals surface area contributed by atoms with Gasteiger partial charge < -0.3 is 15.5 Å². The van der Waals surface area contributed by atoms with Gasteiger partial charge in [-0.2, -0.15) is 0 Å². The quantitative estimate of drug-likeness (QED) is 0.661. The number of aliphatic hydroxyl groups is 2. The Morgan fingerprint density at radius 2 is 1.71 bits per heavy atom. The van der Waals surface area contributed by atoms with Gasteiger partial charge in [0, 0.05) is 6.04 Å². The fourth-order valence-corrected chi connectivity index (χ4v) is 2.83. The molecule has 1 saturated carbocycles. The zero-order valence-electron chi connectivity index (χ0n) is 11.6. The monoisotopic (exact) mass is 243 g/mol. The maximum atomic E-state index is 9.09. The molecule has 2 unspecified atom stereocenters. The van der Waals surface area contributed by atoms with Crippen LogP contribution in [0.25, 0.3) is 0 Å². The Bertz CT molecular complexity index is 209. The minimum atomic E-state index is -0.147. The summed E-state index contributed by atoms with van der Waals surface area (Å²) in [7, 11) is 0. The molecule has 1 rings (SSSR count). The summed E-state index contributed by atoms with van der Waals surface area (Å²) in [4.78, 5) is 0. The SMILES string of the molecule is CC(C)(C)C1CCCC(NC(CO)CO)CC1. The van der Waals surface area contributed by atoms with Crippen molar-refractivity contribution in [2.75, 3.05) is 13.2 Å². The lowest BCUT2D eigenvalue weighted by Crippen LogP contribution is -2.42. The second-order valence-electron chi connectivity index (χ2n) is 6.50. The minimum Gasteiger partial charge on any atom is -0.395 e. The van der Waals surface area contributed by atoms with Crippen LogP contribution in [0.15, 0.2) is 0 Å². The van der Waals surface area contributed by atoms with Crippen LogP contribution in [0.3, 0.4) is 0 Å². The number of aliphatic hydroxyl groups excluding tert-OH is 2. The van der Waals surface area contributed by atoms with Crippen LogP contribution in [-0.4, -0.2) is 35.5 Å². The van der Waals surface area contributed by atoms with Crippen LogP contribution in [0, 0.1) is 11.3 Å². The molecular weight excluding hydrogens is 214 g/mol. The van der Waals surface area contributed by atoms with Crippen LogP contribution in [0.2, 0.25) is 0 Å². The molecule has 0 saturated heterocycles. The van der Waals surface area contributed by atoms with E-state index in [2.05, 4.69) is 26.1 Å². The third-order valence-corrected chi connectivity index (χ3v) is 4.11. The molecule has 3 heteroatoms. The Morgan fingerprint density at radius 1 is 1.06 bits per heavy atom. The maximum absolute atomic E-state index is 9.09. The summed E-state index contributed by atoms with van der Waals surface area (Å²) >= 11 is 0. The predicted octanol–water partition coefficient (Wildman–Crippen LogP) is 1.92. The molecule has 3 nitrogen and oxygen atoms in total. The first-order valence-corrected chi connectivity index (χ1v) is 6.95. The van der Waals surface area contributed by atoms with E-state index in [-0.39, 0.29) is 19.3 Å². The molecule has 0 aromatic heterocycles. The third kappa shape index (κ3) is 4.94. The van der Waals surface area contributed by atoms with Gasteiger partial charge in [0.2, 0.25) is 0 Å². The van der Waals surface area contributed by atoms with Crippen LogP contribution in [0.5, 0.6) is 0 Å². The lowest BCUT2D eigenvalue weighted by atomic mass is 9.76. The number of hydrogen-bond acceptors (Lipinski definition) is 3. The molecule has 2 atom stereocenters. The molecule has 17 heavy (non-hydrogen) atoms. The molecule has 102 valence electrons. The van der Waals surface area contributed by atoms with Crippen molar-refractivity contribution >= 4 is 0 Å². The summed E-state index contributed by atoms with van der Waals surface area (Å²) in [6.45, 7) is 7.03. The van der Waals surface area contributed by atoms with Gasteiger partial charge in [0.1, 0.15) is 0 Å². The van der Waals surface area contributed by atoms with Crippen LogP contribution < -0.4 is 5.32 Å². The van der Waals surface area contributed by atoms with E-state index in [1.807, 2.05) is 0 Å². The zero-order valence-corrected chi connectivity index (χ0v) is 11.6.